The summed E-state index contributed by atoms with van der Waals surface area (Å²) in [6, 6.07) is 1.75. The van der Waals surface area contributed by atoms with Gasteiger partial charge < -0.3 is 15.0 Å². The molecule has 2 N–H and O–H groups in total. The number of fused-ring (bicyclic) bond motifs is 1. The van der Waals surface area contributed by atoms with Crippen molar-refractivity contribution in [2.45, 2.75) is 19.5 Å². The van der Waals surface area contributed by atoms with E-state index in [0.717, 1.165) is 45.0 Å². The minimum atomic E-state index is -4.57. The highest BCUT2D eigenvalue weighted by Gasteiger charge is 2.35. The number of morpholine rings is 1. The van der Waals surface area contributed by atoms with Crippen molar-refractivity contribution >= 4 is 16.9 Å². The number of halogens is 3. The number of ether oxygens (including phenoxy) is 1. The molecule has 0 radical (unpaired) electrons. The molecule has 3 rings (SSSR count). The molecule has 0 amide bonds. The van der Waals surface area contributed by atoms with Gasteiger partial charge in [-0.15, -0.1) is 0 Å². The summed E-state index contributed by atoms with van der Waals surface area (Å²) in [4.78, 5) is 12.4. The van der Waals surface area contributed by atoms with E-state index in [4.69, 9.17) is 4.74 Å². The van der Waals surface area contributed by atoms with E-state index in [-0.39, 0.29) is 11.5 Å². The third kappa shape index (κ3) is 3.96. The van der Waals surface area contributed by atoms with Crippen LogP contribution in [0, 0.1) is 6.92 Å². The molecule has 1 fully saturated rings. The quantitative estimate of drug-likeness (QED) is 0.816. The molecule has 0 bridgehead atoms. The zero-order valence-corrected chi connectivity index (χ0v) is 13.4. The first-order chi connectivity index (χ1) is 11.4. The van der Waals surface area contributed by atoms with E-state index in [9.17, 15) is 13.2 Å². The van der Waals surface area contributed by atoms with Crippen LogP contribution >= 0.6 is 0 Å². The predicted octanol–water partition coefficient (Wildman–Crippen LogP) is 2.42. The molecule has 0 aromatic carbocycles. The summed E-state index contributed by atoms with van der Waals surface area (Å²) in [6.07, 6.45) is -3.76. The van der Waals surface area contributed by atoms with E-state index >= 15 is 0 Å². The topological polar surface area (TPSA) is 66.1 Å². The second-order valence-corrected chi connectivity index (χ2v) is 5.84. The molecule has 0 spiro atoms. The van der Waals surface area contributed by atoms with Crippen LogP contribution < -0.4 is 5.32 Å². The van der Waals surface area contributed by atoms with Gasteiger partial charge in [0, 0.05) is 25.3 Å². The first kappa shape index (κ1) is 17.0. The number of H-pyrrole nitrogens is 1. The Balaban J connectivity index is 1.68. The molecular weight excluding hydrogens is 323 g/mol. The average Bonchev–Trinajstić information content (AvgIpc) is 2.92. The summed E-state index contributed by atoms with van der Waals surface area (Å²) >= 11 is 0. The Hall–Kier alpha value is -1.87. The lowest BCUT2D eigenvalue weighted by Gasteiger charge is -2.26. The molecule has 0 unspecified atom stereocenters. The minimum Gasteiger partial charge on any atom is -0.379 e. The normalized spacial score (nSPS) is 16.7. The van der Waals surface area contributed by atoms with Crippen molar-refractivity contribution < 1.29 is 17.9 Å². The van der Waals surface area contributed by atoms with Crippen molar-refractivity contribution in [2.75, 3.05) is 44.7 Å². The van der Waals surface area contributed by atoms with E-state index in [0.29, 0.717) is 11.9 Å². The summed E-state index contributed by atoms with van der Waals surface area (Å²) in [5, 5.41) is 3.60. The van der Waals surface area contributed by atoms with Gasteiger partial charge in [0.15, 0.2) is 0 Å². The van der Waals surface area contributed by atoms with Crippen LogP contribution in [-0.4, -0.2) is 59.2 Å². The van der Waals surface area contributed by atoms with Crippen molar-refractivity contribution in [1.82, 2.24) is 19.9 Å². The Morgan fingerprint density at radius 3 is 2.75 bits per heavy atom. The van der Waals surface area contributed by atoms with Crippen LogP contribution in [0.15, 0.2) is 6.07 Å². The Labute approximate surface area is 137 Å². The number of aromatic nitrogens is 3. The van der Waals surface area contributed by atoms with E-state index in [2.05, 4.69) is 25.2 Å². The van der Waals surface area contributed by atoms with Gasteiger partial charge in [-0.25, -0.2) is 9.97 Å². The highest BCUT2D eigenvalue weighted by atomic mass is 19.4. The molecule has 6 nitrogen and oxygen atoms in total. The molecule has 9 heteroatoms. The van der Waals surface area contributed by atoms with Gasteiger partial charge in [0.25, 0.3) is 0 Å². The monoisotopic (exact) mass is 343 g/mol. The zero-order chi connectivity index (χ0) is 17.2. The zero-order valence-electron chi connectivity index (χ0n) is 13.4. The van der Waals surface area contributed by atoms with Crippen LogP contribution in [0.1, 0.15) is 17.9 Å². The van der Waals surface area contributed by atoms with Crippen molar-refractivity contribution in [1.29, 1.82) is 0 Å². The lowest BCUT2D eigenvalue weighted by atomic mass is 10.3. The third-order valence-electron chi connectivity index (χ3n) is 3.92. The predicted molar refractivity (Wildman–Crippen MR) is 84.0 cm³/mol. The van der Waals surface area contributed by atoms with Crippen molar-refractivity contribution in [3.63, 3.8) is 0 Å². The first-order valence-corrected chi connectivity index (χ1v) is 7.92. The van der Waals surface area contributed by atoms with Gasteiger partial charge in [0.1, 0.15) is 11.5 Å². The van der Waals surface area contributed by atoms with Crippen LogP contribution in [0.2, 0.25) is 0 Å². The van der Waals surface area contributed by atoms with Gasteiger partial charge in [-0.05, 0) is 26.0 Å². The maximum atomic E-state index is 12.9. The molecular formula is C15H20F3N5O. The Bertz CT molecular complexity index is 694. The van der Waals surface area contributed by atoms with Gasteiger partial charge in [-0.2, -0.15) is 13.2 Å². The molecule has 0 saturated carbocycles. The van der Waals surface area contributed by atoms with Crippen LogP contribution in [0.3, 0.4) is 0 Å². The largest absolute Gasteiger partial charge is 0.451 e. The van der Waals surface area contributed by atoms with Gasteiger partial charge >= 0.3 is 6.18 Å². The highest BCUT2D eigenvalue weighted by molar-refractivity contribution is 5.87. The fourth-order valence-corrected chi connectivity index (χ4v) is 2.74. The molecule has 1 saturated heterocycles. The number of alkyl halides is 3. The van der Waals surface area contributed by atoms with Crippen LogP contribution in [0.4, 0.5) is 19.0 Å². The molecule has 3 heterocycles. The number of hydrogen-bond donors (Lipinski definition) is 2. The Morgan fingerprint density at radius 2 is 2.04 bits per heavy atom. The number of nitrogens with one attached hydrogen (secondary N) is 2. The van der Waals surface area contributed by atoms with Gasteiger partial charge in [-0.3, -0.25) is 4.90 Å². The number of aryl methyl sites for hydroxylation is 1. The summed E-state index contributed by atoms with van der Waals surface area (Å²) in [7, 11) is 0. The number of rotatable bonds is 5. The van der Waals surface area contributed by atoms with E-state index in [1.54, 1.807) is 13.0 Å². The van der Waals surface area contributed by atoms with Crippen molar-refractivity contribution in [3.05, 3.63) is 17.6 Å². The van der Waals surface area contributed by atoms with E-state index in [1.165, 1.54) is 0 Å². The SMILES string of the molecule is Cc1cc2c(NCCCN3CCOCC3)nc(C(F)(F)F)nc2[nH]1. The van der Waals surface area contributed by atoms with Gasteiger partial charge in [0.2, 0.25) is 5.82 Å². The standard InChI is InChI=1S/C15H20F3N5O/c1-10-9-11-12(19-3-2-4-23-5-7-24-8-6-23)21-14(15(16,17)18)22-13(11)20-10/h9H,2-8H2,1H3,(H2,19,20,21,22). The Kier molecular flexibility index (Phi) is 4.91. The van der Waals surface area contributed by atoms with Crippen LogP contribution in [0.25, 0.3) is 11.0 Å². The maximum absolute atomic E-state index is 12.9. The molecule has 1 aliphatic heterocycles. The number of anilines is 1. The minimum absolute atomic E-state index is 0.200. The highest BCUT2D eigenvalue weighted by Crippen LogP contribution is 2.30. The summed E-state index contributed by atoms with van der Waals surface area (Å²) in [5.41, 5.74) is 0.945. The molecule has 0 aliphatic carbocycles. The third-order valence-corrected chi connectivity index (χ3v) is 3.92. The van der Waals surface area contributed by atoms with Gasteiger partial charge in [-0.1, -0.05) is 0 Å². The summed E-state index contributed by atoms with van der Waals surface area (Å²) in [6.45, 7) is 6.46. The summed E-state index contributed by atoms with van der Waals surface area (Å²) < 4.78 is 44.1. The molecule has 0 atom stereocenters. The van der Waals surface area contributed by atoms with E-state index in [1.807, 2.05) is 0 Å². The van der Waals surface area contributed by atoms with Crippen LogP contribution in [-0.2, 0) is 10.9 Å². The van der Waals surface area contributed by atoms with Crippen LogP contribution in [0.5, 0.6) is 0 Å². The Morgan fingerprint density at radius 1 is 1.29 bits per heavy atom. The second kappa shape index (κ2) is 6.94. The molecule has 24 heavy (non-hydrogen) atoms. The maximum Gasteiger partial charge on any atom is 0.451 e. The molecule has 1 aliphatic rings. The van der Waals surface area contributed by atoms with Crippen molar-refractivity contribution in [2.24, 2.45) is 0 Å². The molecule has 2 aromatic heterocycles. The fraction of sp³-hybridized carbons (Fsp3) is 0.600. The lowest BCUT2D eigenvalue weighted by molar-refractivity contribution is -0.144. The fourth-order valence-electron chi connectivity index (χ4n) is 2.74. The smallest absolute Gasteiger partial charge is 0.379 e. The average molecular weight is 343 g/mol. The lowest BCUT2D eigenvalue weighted by Crippen LogP contribution is -2.37. The summed E-state index contributed by atoms with van der Waals surface area (Å²) in [5.74, 6) is -0.911. The second-order valence-electron chi connectivity index (χ2n) is 5.84. The number of aromatic amines is 1. The number of nitrogens with zero attached hydrogens (tertiary/aromatic N) is 3. The molecule has 2 aromatic rings. The van der Waals surface area contributed by atoms with E-state index < -0.39 is 12.0 Å². The number of hydrogen-bond acceptors (Lipinski definition) is 5. The van der Waals surface area contributed by atoms with Gasteiger partial charge in [0.05, 0.1) is 18.6 Å². The first-order valence-electron chi connectivity index (χ1n) is 7.92. The van der Waals surface area contributed by atoms with Crippen molar-refractivity contribution in [3.8, 4) is 0 Å². The molecule has 132 valence electrons.